The normalized spacial score (nSPS) is 20.4. The van der Waals surface area contributed by atoms with E-state index in [-0.39, 0.29) is 24.3 Å². The van der Waals surface area contributed by atoms with E-state index in [1.807, 2.05) is 0 Å². The lowest BCUT2D eigenvalue weighted by Gasteiger charge is -2.29. The maximum atomic E-state index is 14.1. The molecule has 0 bridgehead atoms. The Morgan fingerprint density at radius 1 is 0.718 bits per heavy atom. The predicted molar refractivity (Wildman–Crippen MR) is 249 cm³/mol. The van der Waals surface area contributed by atoms with Crippen LogP contribution in [0, 0.1) is 5.92 Å². The predicted octanol–water partition coefficient (Wildman–Crippen LogP) is -5.05. The van der Waals surface area contributed by atoms with Gasteiger partial charge in [0.05, 0.1) is 26.1 Å². The van der Waals surface area contributed by atoms with Crippen molar-refractivity contribution in [3.8, 4) is 11.5 Å². The molecule has 71 heavy (non-hydrogen) atoms. The van der Waals surface area contributed by atoms with Gasteiger partial charge >= 0.3 is 0 Å². The Labute approximate surface area is 407 Å². The van der Waals surface area contributed by atoms with Crippen molar-refractivity contribution in [1.29, 1.82) is 0 Å². The highest BCUT2D eigenvalue weighted by molar-refractivity contribution is 5.99. The molecule has 0 aliphatic carbocycles. The Morgan fingerprint density at radius 2 is 1.30 bits per heavy atom. The number of amides is 12. The van der Waals surface area contributed by atoms with Gasteiger partial charge in [-0.25, -0.2) is 0 Å². The Bertz CT molecular complexity index is 2300. The van der Waals surface area contributed by atoms with Crippen LogP contribution in [0.3, 0.4) is 0 Å². The van der Waals surface area contributed by atoms with Crippen molar-refractivity contribution in [2.45, 2.75) is 101 Å². The van der Waals surface area contributed by atoms with Gasteiger partial charge < -0.3 is 74.8 Å². The van der Waals surface area contributed by atoms with Crippen molar-refractivity contribution in [1.82, 2.24) is 47.4 Å². The molecule has 26 heteroatoms. The summed E-state index contributed by atoms with van der Waals surface area (Å²) in [4.78, 5) is 159. The van der Waals surface area contributed by atoms with Gasteiger partial charge in [0, 0.05) is 32.7 Å². The number of likely N-dealkylation sites (N-methyl/N-ethyl adjacent to an activating group) is 1. The highest BCUT2D eigenvalue weighted by Gasteiger charge is 2.36. The molecule has 1 saturated heterocycles. The molecule has 386 valence electrons. The summed E-state index contributed by atoms with van der Waals surface area (Å²) in [5.74, 6) is -12.2. The molecule has 2 aromatic carbocycles. The summed E-state index contributed by atoms with van der Waals surface area (Å²) < 4.78 is 0. The molecule has 7 unspecified atom stereocenters. The third-order valence-corrected chi connectivity index (χ3v) is 11.1. The zero-order chi connectivity index (χ0) is 52.9. The number of aromatic hydroxyl groups is 2. The average Bonchev–Trinajstić information content (AvgIpc) is 3.31. The van der Waals surface area contributed by atoms with Crippen molar-refractivity contribution in [3.63, 3.8) is 0 Å². The molecule has 26 nitrogen and oxygen atoms in total. The van der Waals surface area contributed by atoms with Crippen LogP contribution in [-0.4, -0.2) is 149 Å². The summed E-state index contributed by atoms with van der Waals surface area (Å²) >= 11 is 0. The molecule has 1 aliphatic heterocycles. The topological polar surface area (TPSA) is 423 Å². The average molecular weight is 995 g/mol. The van der Waals surface area contributed by atoms with Gasteiger partial charge in [-0.2, -0.15) is 0 Å². The Balaban J connectivity index is 2.01. The van der Waals surface area contributed by atoms with Crippen LogP contribution in [0.4, 0.5) is 0 Å². The molecular formula is C45H62N12O14. The molecule has 0 spiro atoms. The molecule has 0 saturated carbocycles. The van der Waals surface area contributed by atoms with Crippen molar-refractivity contribution in [3.05, 3.63) is 59.7 Å². The fraction of sp³-hybridized carbons (Fsp3) is 0.467. The molecule has 1 aliphatic rings. The second kappa shape index (κ2) is 27.6. The smallest absolute Gasteiger partial charge is 0.245 e. The molecule has 1 heterocycles. The minimum atomic E-state index is -1.86. The number of rotatable bonds is 18. The van der Waals surface area contributed by atoms with Gasteiger partial charge in [0.15, 0.2) is 0 Å². The molecule has 7 atom stereocenters. The molecule has 12 amide bonds. The Hall–Kier alpha value is -8.32. The van der Waals surface area contributed by atoms with Gasteiger partial charge in [-0.1, -0.05) is 44.5 Å². The Morgan fingerprint density at radius 3 is 1.87 bits per heavy atom. The monoisotopic (exact) mass is 994 g/mol. The number of nitrogens with two attached hydrogens (primary N) is 3. The van der Waals surface area contributed by atoms with Crippen molar-refractivity contribution in [2.24, 2.45) is 23.1 Å². The van der Waals surface area contributed by atoms with Crippen LogP contribution >= 0.6 is 0 Å². The first-order valence-corrected chi connectivity index (χ1v) is 22.5. The van der Waals surface area contributed by atoms with Gasteiger partial charge in [-0.3, -0.25) is 57.5 Å². The van der Waals surface area contributed by atoms with Crippen LogP contribution in [0.5, 0.6) is 11.5 Å². The first-order valence-electron chi connectivity index (χ1n) is 22.5. The fourth-order valence-corrected chi connectivity index (χ4v) is 7.02. The number of carbonyl (C=O) groups is 12. The summed E-state index contributed by atoms with van der Waals surface area (Å²) in [5.41, 5.74) is 16.9. The second-order valence-corrected chi connectivity index (χ2v) is 16.9. The number of hydrogen-bond acceptors (Lipinski definition) is 14. The first-order chi connectivity index (χ1) is 33.4. The molecule has 1 fully saturated rings. The number of benzene rings is 2. The summed E-state index contributed by atoms with van der Waals surface area (Å²) in [5, 5.41) is 38.9. The van der Waals surface area contributed by atoms with Crippen molar-refractivity contribution < 1.29 is 67.7 Å². The molecule has 2 aromatic rings. The third kappa shape index (κ3) is 19.7. The van der Waals surface area contributed by atoms with Crippen LogP contribution in [0.25, 0.3) is 0 Å². The number of primary amides is 3. The van der Waals surface area contributed by atoms with Crippen LogP contribution in [0.1, 0.15) is 63.5 Å². The molecule has 16 N–H and O–H groups in total. The highest BCUT2D eigenvalue weighted by atomic mass is 16.3. The summed E-state index contributed by atoms with van der Waals surface area (Å²) in [7, 11) is 1.14. The number of phenolic OH excluding ortho intramolecular Hbond substituents is 2. The van der Waals surface area contributed by atoms with E-state index in [1.54, 1.807) is 13.8 Å². The lowest BCUT2D eigenvalue weighted by Crippen LogP contribution is -2.61. The van der Waals surface area contributed by atoms with Crippen LogP contribution in [0.15, 0.2) is 48.5 Å². The third-order valence-electron chi connectivity index (χ3n) is 11.1. The first kappa shape index (κ1) is 57.0. The zero-order valence-corrected chi connectivity index (χ0v) is 39.4. The van der Waals surface area contributed by atoms with Gasteiger partial charge in [0.2, 0.25) is 70.9 Å². The second-order valence-electron chi connectivity index (χ2n) is 16.9. The maximum Gasteiger partial charge on any atom is 0.245 e. The fourth-order valence-electron chi connectivity index (χ4n) is 7.02. The number of nitrogens with zero attached hydrogens (tertiary/aromatic N) is 1. The molecule has 0 radical (unpaired) electrons. The zero-order valence-electron chi connectivity index (χ0n) is 39.4. The largest absolute Gasteiger partial charge is 0.508 e. The van der Waals surface area contributed by atoms with Crippen LogP contribution in [0.2, 0.25) is 0 Å². The van der Waals surface area contributed by atoms with E-state index in [2.05, 4.69) is 42.5 Å². The lowest BCUT2D eigenvalue weighted by atomic mass is 9.96. The number of hydrogen-bond donors (Lipinski definition) is 13. The number of nitrogens with one attached hydrogen (secondary N) is 8. The molecular weight excluding hydrogens is 933 g/mol. The molecule has 0 aromatic heterocycles. The maximum absolute atomic E-state index is 14.1. The Kier molecular flexibility index (Phi) is 22.2. The quantitative estimate of drug-likeness (QED) is 0.0665. The molecule has 3 rings (SSSR count). The van der Waals surface area contributed by atoms with E-state index in [0.717, 1.165) is 11.9 Å². The minimum Gasteiger partial charge on any atom is -0.508 e. The number of carbonyl (C=O) groups excluding carboxylic acids is 12. The van der Waals surface area contributed by atoms with E-state index in [1.165, 1.54) is 48.5 Å². The van der Waals surface area contributed by atoms with Crippen LogP contribution < -0.4 is 59.7 Å². The van der Waals surface area contributed by atoms with E-state index < -0.39 is 165 Å². The lowest BCUT2D eigenvalue weighted by molar-refractivity contribution is -0.140. The summed E-state index contributed by atoms with van der Waals surface area (Å²) in [6, 6.07) is 2.01. The van der Waals surface area contributed by atoms with E-state index in [4.69, 9.17) is 17.2 Å². The van der Waals surface area contributed by atoms with E-state index in [9.17, 15) is 67.7 Å². The van der Waals surface area contributed by atoms with Crippen LogP contribution in [-0.2, 0) is 70.4 Å². The highest BCUT2D eigenvalue weighted by Crippen LogP contribution is 2.15. The van der Waals surface area contributed by atoms with Crippen molar-refractivity contribution >= 4 is 70.9 Å². The minimum absolute atomic E-state index is 0.0775. The summed E-state index contributed by atoms with van der Waals surface area (Å²) in [6.07, 6.45) is -2.90. The number of phenols is 2. The van der Waals surface area contributed by atoms with Crippen molar-refractivity contribution in [2.75, 3.05) is 26.7 Å². The summed E-state index contributed by atoms with van der Waals surface area (Å²) in [6.45, 7) is 1.28. The SMILES string of the molecule is CCC(C)C1NC(=O)C(Cc2ccc(O)cc2)NC(=O)CNC(=O)CCC(C(=O)N(C)CC(=O)NC(Cc2ccc(O)cc2)C(=O)NCC(N)=O)NC(=O)C(CC(N)=O)NC(=O)C(CCC(N)=O)NC1=O. The van der Waals surface area contributed by atoms with E-state index >= 15 is 0 Å². The standard InChI is InChI=1S/C45H62N12O14/c1-4-23(2)39-44(70)53-28(13-15-33(46)60)41(67)55-32(19-34(47)61)42(68)54-29(14-16-36(63)49-21-37(64)51-31(43(69)56-39)18-25-7-11-27(59)12-8-25)45(71)57(3)22-38(65)52-30(40(66)50-20-35(48)62)17-24-5-9-26(58)10-6-24/h5-12,23,28-32,39,58-59H,4,13-22H2,1-3H3,(H2,46,60)(H2,47,61)(H2,48,62)(H,49,63)(H,50,66)(H,51,64)(H,52,65)(H,53,70)(H,54,68)(H,55,67)(H,56,69). The van der Waals surface area contributed by atoms with Gasteiger partial charge in [-0.05, 0) is 54.2 Å². The van der Waals surface area contributed by atoms with Gasteiger partial charge in [0.25, 0.3) is 0 Å². The van der Waals surface area contributed by atoms with Gasteiger partial charge in [-0.15, -0.1) is 0 Å². The van der Waals surface area contributed by atoms with Gasteiger partial charge in [0.1, 0.15) is 47.8 Å². The van der Waals surface area contributed by atoms with E-state index in [0.29, 0.717) is 17.5 Å².